The highest BCUT2D eigenvalue weighted by molar-refractivity contribution is 6.06. The first-order valence-corrected chi connectivity index (χ1v) is 8.28. The lowest BCUT2D eigenvalue weighted by Gasteiger charge is -2.28. The first-order valence-electron chi connectivity index (χ1n) is 8.28. The van der Waals surface area contributed by atoms with E-state index in [1.165, 1.54) is 0 Å². The van der Waals surface area contributed by atoms with Crippen LogP contribution in [0.3, 0.4) is 0 Å². The second-order valence-electron chi connectivity index (χ2n) is 6.17. The average molecular weight is 351 g/mol. The third-order valence-electron chi connectivity index (χ3n) is 4.25. The summed E-state index contributed by atoms with van der Waals surface area (Å²) < 4.78 is 5.26. The number of carbonyl (C=O) groups excluding carboxylic acids is 2. The lowest BCUT2D eigenvalue weighted by Crippen LogP contribution is -2.45. The van der Waals surface area contributed by atoms with Gasteiger partial charge in [0.1, 0.15) is 5.75 Å². The molecule has 26 heavy (non-hydrogen) atoms. The van der Waals surface area contributed by atoms with Crippen molar-refractivity contribution in [2.24, 2.45) is 0 Å². The fourth-order valence-electron chi connectivity index (χ4n) is 2.90. The zero-order chi connectivity index (χ0) is 18.7. The molecule has 0 spiro atoms. The van der Waals surface area contributed by atoms with Crippen LogP contribution in [0.4, 0.5) is 10.5 Å². The first-order chi connectivity index (χ1) is 12.5. The number of urea groups is 1. The normalized spacial score (nSPS) is 16.6. The first kappa shape index (κ1) is 17.5. The molecule has 0 fully saturated rings. The van der Waals surface area contributed by atoms with Crippen LogP contribution in [-0.4, -0.2) is 19.0 Å². The van der Waals surface area contributed by atoms with Gasteiger partial charge in [-0.05, 0) is 43.7 Å². The van der Waals surface area contributed by atoms with Crippen LogP contribution in [0.1, 0.15) is 24.1 Å². The number of hydrogen-bond donors (Lipinski definition) is 3. The molecule has 0 unspecified atom stereocenters. The minimum absolute atomic E-state index is 0.272. The molecule has 0 radical (unpaired) electrons. The summed E-state index contributed by atoms with van der Waals surface area (Å²) in [6.07, 6.45) is 0. The van der Waals surface area contributed by atoms with Crippen LogP contribution in [-0.2, 0) is 4.79 Å². The molecule has 3 rings (SSSR count). The largest absolute Gasteiger partial charge is 0.497 e. The third-order valence-corrected chi connectivity index (χ3v) is 4.25. The van der Waals surface area contributed by atoms with Crippen molar-refractivity contribution in [3.63, 3.8) is 0 Å². The van der Waals surface area contributed by atoms with Gasteiger partial charge in [0.25, 0.3) is 5.91 Å². The summed E-state index contributed by atoms with van der Waals surface area (Å²) >= 11 is 0. The predicted octanol–water partition coefficient (Wildman–Crippen LogP) is 3.27. The van der Waals surface area contributed by atoms with Crippen molar-refractivity contribution in [1.82, 2.24) is 10.6 Å². The molecule has 134 valence electrons. The van der Waals surface area contributed by atoms with Crippen LogP contribution in [0.5, 0.6) is 5.75 Å². The molecular formula is C20H21N3O3. The van der Waals surface area contributed by atoms with Crippen molar-refractivity contribution < 1.29 is 14.3 Å². The molecule has 0 bridgehead atoms. The lowest BCUT2D eigenvalue weighted by atomic mass is 9.94. The van der Waals surface area contributed by atoms with E-state index in [0.29, 0.717) is 22.7 Å². The van der Waals surface area contributed by atoms with Gasteiger partial charge in [-0.1, -0.05) is 29.8 Å². The van der Waals surface area contributed by atoms with Gasteiger partial charge in [0.15, 0.2) is 0 Å². The van der Waals surface area contributed by atoms with E-state index >= 15 is 0 Å². The number of allylic oxidation sites excluding steroid dienone is 1. The molecule has 1 heterocycles. The van der Waals surface area contributed by atoms with Gasteiger partial charge in [0.2, 0.25) is 0 Å². The Morgan fingerprint density at radius 3 is 2.54 bits per heavy atom. The molecule has 1 atom stereocenters. The second-order valence-corrected chi connectivity index (χ2v) is 6.17. The Hall–Kier alpha value is -3.28. The van der Waals surface area contributed by atoms with E-state index < -0.39 is 6.04 Å². The van der Waals surface area contributed by atoms with E-state index in [9.17, 15) is 9.59 Å². The second kappa shape index (κ2) is 7.31. The van der Waals surface area contributed by atoms with Gasteiger partial charge in [-0.2, -0.15) is 0 Å². The smallest absolute Gasteiger partial charge is 0.319 e. The number of methoxy groups -OCH3 is 1. The van der Waals surface area contributed by atoms with Gasteiger partial charge >= 0.3 is 6.03 Å². The highest BCUT2D eigenvalue weighted by atomic mass is 16.5. The summed E-state index contributed by atoms with van der Waals surface area (Å²) in [7, 11) is 1.58. The van der Waals surface area contributed by atoms with E-state index in [4.69, 9.17) is 4.74 Å². The Labute approximate surface area is 152 Å². The maximum atomic E-state index is 12.9. The number of anilines is 1. The van der Waals surface area contributed by atoms with E-state index in [1.54, 1.807) is 14.0 Å². The van der Waals surface area contributed by atoms with Gasteiger partial charge in [0.05, 0.1) is 18.7 Å². The number of amides is 3. The van der Waals surface area contributed by atoms with E-state index in [-0.39, 0.29) is 11.9 Å². The molecule has 2 aromatic carbocycles. The molecule has 0 saturated carbocycles. The van der Waals surface area contributed by atoms with Crippen molar-refractivity contribution in [2.75, 3.05) is 12.4 Å². The quantitative estimate of drug-likeness (QED) is 0.791. The van der Waals surface area contributed by atoms with E-state index in [1.807, 2.05) is 55.5 Å². The Kier molecular flexibility index (Phi) is 4.93. The number of ether oxygens (including phenoxy) is 1. The minimum Gasteiger partial charge on any atom is -0.497 e. The summed E-state index contributed by atoms with van der Waals surface area (Å²) in [4.78, 5) is 24.9. The highest BCUT2D eigenvalue weighted by Gasteiger charge is 2.31. The monoisotopic (exact) mass is 351 g/mol. The van der Waals surface area contributed by atoms with Gasteiger partial charge in [-0.3, -0.25) is 4.79 Å². The van der Waals surface area contributed by atoms with Crippen LogP contribution >= 0.6 is 0 Å². The molecule has 1 aliphatic rings. The number of carbonyl (C=O) groups is 2. The molecule has 6 nitrogen and oxygen atoms in total. The van der Waals surface area contributed by atoms with Crippen molar-refractivity contribution in [3.05, 3.63) is 70.9 Å². The van der Waals surface area contributed by atoms with E-state index in [0.717, 1.165) is 11.1 Å². The summed E-state index contributed by atoms with van der Waals surface area (Å²) in [6, 6.07) is 13.9. The zero-order valence-electron chi connectivity index (χ0n) is 14.9. The maximum absolute atomic E-state index is 12.9. The van der Waals surface area contributed by atoms with Gasteiger partial charge in [-0.15, -0.1) is 0 Å². The van der Waals surface area contributed by atoms with Crippen LogP contribution in [0, 0.1) is 6.92 Å². The Morgan fingerprint density at radius 2 is 1.85 bits per heavy atom. The summed E-state index contributed by atoms with van der Waals surface area (Å²) in [5, 5.41) is 8.38. The number of aryl methyl sites for hydroxylation is 1. The third kappa shape index (κ3) is 3.69. The minimum atomic E-state index is -0.565. The van der Waals surface area contributed by atoms with Crippen LogP contribution in [0.15, 0.2) is 59.8 Å². The molecule has 2 aromatic rings. The Bertz CT molecular complexity index is 872. The molecule has 0 saturated heterocycles. The zero-order valence-corrected chi connectivity index (χ0v) is 14.9. The number of nitrogens with one attached hydrogen (secondary N) is 3. The lowest BCUT2D eigenvalue weighted by molar-refractivity contribution is -0.113. The molecule has 3 amide bonds. The molecule has 0 aliphatic carbocycles. The number of rotatable bonds is 4. The molecule has 1 aliphatic heterocycles. The van der Waals surface area contributed by atoms with Crippen molar-refractivity contribution in [1.29, 1.82) is 0 Å². The summed E-state index contributed by atoms with van der Waals surface area (Å²) in [5.41, 5.74) is 3.55. The number of benzene rings is 2. The van der Waals surface area contributed by atoms with Crippen LogP contribution < -0.4 is 20.7 Å². The standard InChI is InChI=1S/C20H21N3O3/c1-12-7-9-15(10-8-12)22-19(24)17-13(2)21-20(25)23-18(17)14-5-4-6-16(11-14)26-3/h4-11,18H,1-3H3,(H,22,24)(H2,21,23,25)/t18-/m1/s1. The van der Waals surface area contributed by atoms with Gasteiger partial charge < -0.3 is 20.7 Å². The average Bonchev–Trinajstić information content (AvgIpc) is 2.63. The number of hydrogen-bond acceptors (Lipinski definition) is 3. The Balaban J connectivity index is 1.94. The topological polar surface area (TPSA) is 79.5 Å². The van der Waals surface area contributed by atoms with Crippen molar-refractivity contribution >= 4 is 17.6 Å². The van der Waals surface area contributed by atoms with E-state index in [2.05, 4.69) is 16.0 Å². The molecule has 3 N–H and O–H groups in total. The van der Waals surface area contributed by atoms with Gasteiger partial charge in [0, 0.05) is 11.4 Å². The summed E-state index contributed by atoms with van der Waals surface area (Å²) in [5.74, 6) is 0.387. The Morgan fingerprint density at radius 1 is 1.12 bits per heavy atom. The molecule has 6 heteroatoms. The molecule has 0 aromatic heterocycles. The fraction of sp³-hybridized carbons (Fsp3) is 0.200. The van der Waals surface area contributed by atoms with Crippen LogP contribution in [0.25, 0.3) is 0 Å². The SMILES string of the molecule is COc1cccc([C@H]2NC(=O)NC(C)=C2C(=O)Nc2ccc(C)cc2)c1. The molecular weight excluding hydrogens is 330 g/mol. The summed E-state index contributed by atoms with van der Waals surface area (Å²) in [6.45, 7) is 3.70. The van der Waals surface area contributed by atoms with Crippen molar-refractivity contribution in [2.45, 2.75) is 19.9 Å². The predicted molar refractivity (Wildman–Crippen MR) is 99.9 cm³/mol. The fourth-order valence-corrected chi connectivity index (χ4v) is 2.90. The maximum Gasteiger partial charge on any atom is 0.319 e. The van der Waals surface area contributed by atoms with Crippen molar-refractivity contribution in [3.8, 4) is 5.75 Å². The van der Waals surface area contributed by atoms with Crippen LogP contribution in [0.2, 0.25) is 0 Å². The van der Waals surface area contributed by atoms with Gasteiger partial charge in [-0.25, -0.2) is 4.79 Å². The highest BCUT2D eigenvalue weighted by Crippen LogP contribution is 2.29.